The summed E-state index contributed by atoms with van der Waals surface area (Å²) in [5, 5.41) is 11.2. The lowest BCUT2D eigenvalue weighted by atomic mass is 10.1. The monoisotopic (exact) mass is 301 g/mol. The molecule has 92 valence electrons. The van der Waals surface area contributed by atoms with Crippen LogP contribution in [0.5, 0.6) is 5.75 Å². The Kier molecular flexibility index (Phi) is 4.96. The van der Waals surface area contributed by atoms with E-state index in [2.05, 4.69) is 21.2 Å². The third-order valence-corrected chi connectivity index (χ3v) is 2.73. The van der Waals surface area contributed by atoms with Crippen molar-refractivity contribution in [2.24, 2.45) is 0 Å². The van der Waals surface area contributed by atoms with Crippen LogP contribution < -0.4 is 10.1 Å². The summed E-state index contributed by atoms with van der Waals surface area (Å²) in [6.07, 6.45) is 0.542. The number of carbonyl (C=O) groups excluding carboxylic acids is 1. The second-order valence-corrected chi connectivity index (χ2v) is 4.25. The highest BCUT2D eigenvalue weighted by molar-refractivity contribution is 9.10. The Hall–Kier alpha value is -1.56. The summed E-state index contributed by atoms with van der Waals surface area (Å²) in [7, 11) is 1.51. The summed E-state index contributed by atoms with van der Waals surface area (Å²) in [6.45, 7) is 0. The molecule has 0 saturated heterocycles. The zero-order chi connectivity index (χ0) is 12.8. The van der Waals surface area contributed by atoms with Gasteiger partial charge >= 0.3 is 5.97 Å². The third kappa shape index (κ3) is 3.74. The molecular weight excluding hydrogens is 290 g/mol. The lowest BCUT2D eigenvalue weighted by molar-refractivity contribution is -0.140. The van der Waals surface area contributed by atoms with Gasteiger partial charge in [-0.3, -0.25) is 4.79 Å². The van der Waals surface area contributed by atoms with Gasteiger partial charge in [0.1, 0.15) is 11.8 Å². The highest BCUT2D eigenvalue weighted by Crippen LogP contribution is 2.24. The van der Waals surface area contributed by atoms with E-state index in [1.807, 2.05) is 0 Å². The number of nitrogens with one attached hydrogen (secondary N) is 1. The van der Waals surface area contributed by atoms with Crippen LogP contribution >= 0.6 is 15.9 Å². The van der Waals surface area contributed by atoms with E-state index >= 15 is 0 Å². The van der Waals surface area contributed by atoms with Crippen LogP contribution in [-0.2, 0) is 16.0 Å². The molecule has 5 nitrogen and oxygen atoms in total. The molecule has 17 heavy (non-hydrogen) atoms. The van der Waals surface area contributed by atoms with Crippen molar-refractivity contribution in [3.8, 4) is 5.75 Å². The summed E-state index contributed by atoms with van der Waals surface area (Å²) < 4.78 is 5.95. The van der Waals surface area contributed by atoms with E-state index in [9.17, 15) is 9.59 Å². The highest BCUT2D eigenvalue weighted by atomic mass is 79.9. The second kappa shape index (κ2) is 6.24. The SMILES string of the molecule is COc1ccc(Br)cc1CC(NC=O)C(=O)O. The molecule has 0 radical (unpaired) electrons. The van der Waals surface area contributed by atoms with Crippen molar-refractivity contribution in [2.45, 2.75) is 12.5 Å². The quantitative estimate of drug-likeness (QED) is 0.774. The fourth-order valence-corrected chi connectivity index (χ4v) is 1.83. The van der Waals surface area contributed by atoms with Crippen LogP contribution in [0.4, 0.5) is 0 Å². The number of carboxylic acids is 1. The second-order valence-electron chi connectivity index (χ2n) is 3.34. The van der Waals surface area contributed by atoms with Crippen molar-refractivity contribution < 1.29 is 19.4 Å². The summed E-state index contributed by atoms with van der Waals surface area (Å²) in [6, 6.07) is 4.34. The largest absolute Gasteiger partial charge is 0.496 e. The Morgan fingerprint density at radius 2 is 2.35 bits per heavy atom. The number of methoxy groups -OCH3 is 1. The highest BCUT2D eigenvalue weighted by Gasteiger charge is 2.19. The van der Waals surface area contributed by atoms with Gasteiger partial charge in [0.2, 0.25) is 6.41 Å². The molecule has 1 amide bonds. The molecule has 0 saturated carbocycles. The Bertz CT molecular complexity index is 422. The number of aliphatic carboxylic acids is 1. The molecule has 0 aliphatic carbocycles. The number of rotatable bonds is 6. The van der Waals surface area contributed by atoms with Crippen molar-refractivity contribution in [1.29, 1.82) is 0 Å². The molecule has 0 aliphatic rings. The van der Waals surface area contributed by atoms with Crippen LogP contribution in [-0.4, -0.2) is 30.6 Å². The fraction of sp³-hybridized carbons (Fsp3) is 0.273. The van der Waals surface area contributed by atoms with Crippen molar-refractivity contribution in [3.05, 3.63) is 28.2 Å². The van der Waals surface area contributed by atoms with Gasteiger partial charge in [-0.1, -0.05) is 15.9 Å². The molecule has 0 heterocycles. The molecule has 1 unspecified atom stereocenters. The van der Waals surface area contributed by atoms with E-state index in [1.165, 1.54) is 7.11 Å². The Morgan fingerprint density at radius 1 is 1.65 bits per heavy atom. The summed E-state index contributed by atoms with van der Waals surface area (Å²) in [5.41, 5.74) is 0.712. The average Bonchev–Trinajstić information content (AvgIpc) is 2.28. The van der Waals surface area contributed by atoms with Crippen LogP contribution in [0.25, 0.3) is 0 Å². The first-order valence-electron chi connectivity index (χ1n) is 4.83. The molecule has 1 aromatic carbocycles. The van der Waals surface area contributed by atoms with Crippen LogP contribution in [0.2, 0.25) is 0 Å². The minimum atomic E-state index is -1.08. The van der Waals surface area contributed by atoms with Gasteiger partial charge in [0, 0.05) is 10.9 Å². The standard InChI is InChI=1S/C11H12BrNO4/c1-17-10-3-2-8(12)4-7(10)5-9(11(15)16)13-6-14/h2-4,6,9H,5H2,1H3,(H,13,14)(H,15,16). The van der Waals surface area contributed by atoms with E-state index in [0.717, 1.165) is 4.47 Å². The number of ether oxygens (including phenoxy) is 1. The minimum absolute atomic E-state index is 0.163. The Balaban J connectivity index is 2.94. The van der Waals surface area contributed by atoms with Gasteiger partial charge in [0.15, 0.2) is 0 Å². The van der Waals surface area contributed by atoms with Crippen LogP contribution in [0.3, 0.4) is 0 Å². The Labute approximate surface area is 107 Å². The number of benzene rings is 1. The van der Waals surface area contributed by atoms with E-state index in [4.69, 9.17) is 9.84 Å². The first kappa shape index (κ1) is 13.5. The molecule has 0 aliphatic heterocycles. The first-order chi connectivity index (χ1) is 8.08. The predicted molar refractivity (Wildman–Crippen MR) is 65.0 cm³/mol. The number of hydrogen-bond acceptors (Lipinski definition) is 3. The van der Waals surface area contributed by atoms with Gasteiger partial charge in [-0.2, -0.15) is 0 Å². The molecule has 6 heteroatoms. The lowest BCUT2D eigenvalue weighted by Gasteiger charge is -2.14. The molecular formula is C11H12BrNO4. The normalized spacial score (nSPS) is 11.6. The van der Waals surface area contributed by atoms with Crippen LogP contribution in [0.1, 0.15) is 5.56 Å². The number of amides is 1. The number of carbonyl (C=O) groups is 2. The molecule has 0 aromatic heterocycles. The molecule has 0 fully saturated rings. The van der Waals surface area contributed by atoms with E-state index in [1.54, 1.807) is 18.2 Å². The van der Waals surface area contributed by atoms with Gasteiger partial charge in [-0.05, 0) is 23.8 Å². The number of hydrogen-bond donors (Lipinski definition) is 2. The van der Waals surface area contributed by atoms with Gasteiger partial charge in [-0.25, -0.2) is 4.79 Å². The van der Waals surface area contributed by atoms with Crippen molar-refractivity contribution in [2.75, 3.05) is 7.11 Å². The minimum Gasteiger partial charge on any atom is -0.496 e. The maximum absolute atomic E-state index is 10.9. The van der Waals surface area contributed by atoms with Crippen molar-refractivity contribution in [1.82, 2.24) is 5.32 Å². The zero-order valence-corrected chi connectivity index (χ0v) is 10.7. The molecule has 0 spiro atoms. The molecule has 1 aromatic rings. The number of carboxylic acid groups (broad SMARTS) is 1. The zero-order valence-electron chi connectivity index (χ0n) is 9.14. The van der Waals surface area contributed by atoms with Gasteiger partial charge in [-0.15, -0.1) is 0 Å². The molecule has 2 N–H and O–H groups in total. The molecule has 1 rings (SSSR count). The van der Waals surface area contributed by atoms with Gasteiger partial charge < -0.3 is 15.2 Å². The topological polar surface area (TPSA) is 75.6 Å². The third-order valence-electron chi connectivity index (χ3n) is 2.23. The van der Waals surface area contributed by atoms with E-state index < -0.39 is 12.0 Å². The summed E-state index contributed by atoms with van der Waals surface area (Å²) in [4.78, 5) is 21.2. The Morgan fingerprint density at radius 3 is 2.88 bits per heavy atom. The van der Waals surface area contributed by atoms with Crippen molar-refractivity contribution in [3.63, 3.8) is 0 Å². The summed E-state index contributed by atoms with van der Waals surface area (Å²) >= 11 is 3.30. The first-order valence-corrected chi connectivity index (χ1v) is 5.62. The maximum Gasteiger partial charge on any atom is 0.326 e. The molecule has 0 bridgehead atoms. The van der Waals surface area contributed by atoms with E-state index in [0.29, 0.717) is 17.7 Å². The summed E-state index contributed by atoms with van der Waals surface area (Å²) in [5.74, 6) is -0.494. The predicted octanol–water partition coefficient (Wildman–Crippen LogP) is 1.20. The maximum atomic E-state index is 10.9. The van der Waals surface area contributed by atoms with Gasteiger partial charge in [0.05, 0.1) is 7.11 Å². The van der Waals surface area contributed by atoms with Gasteiger partial charge in [0.25, 0.3) is 0 Å². The van der Waals surface area contributed by atoms with Crippen LogP contribution in [0, 0.1) is 0 Å². The number of halogens is 1. The van der Waals surface area contributed by atoms with Crippen LogP contribution in [0.15, 0.2) is 22.7 Å². The van der Waals surface area contributed by atoms with E-state index in [-0.39, 0.29) is 6.42 Å². The van der Waals surface area contributed by atoms with Crippen molar-refractivity contribution >= 4 is 28.3 Å². The smallest absolute Gasteiger partial charge is 0.326 e. The molecule has 1 atom stereocenters. The fourth-order valence-electron chi connectivity index (χ4n) is 1.43. The average molecular weight is 302 g/mol. The lowest BCUT2D eigenvalue weighted by Crippen LogP contribution is -2.37.